The number of rotatable bonds is 7. The molecule has 2 nitrogen and oxygen atoms in total. The highest BCUT2D eigenvalue weighted by Gasteiger charge is 2.53. The van der Waals surface area contributed by atoms with Gasteiger partial charge in [0.05, 0.1) is 10.8 Å². The van der Waals surface area contributed by atoms with E-state index in [0.717, 1.165) is 45.3 Å². The third-order valence-corrected chi connectivity index (χ3v) is 17.6. The molecule has 366 valence electrons. The lowest BCUT2D eigenvalue weighted by Gasteiger charge is -2.32. The molecule has 12 aromatic carbocycles. The lowest BCUT2D eigenvalue weighted by molar-refractivity contribution is 0.793. The molecule has 0 atom stereocenters. The van der Waals surface area contributed by atoms with E-state index in [2.05, 4.69) is 303 Å². The van der Waals surface area contributed by atoms with E-state index < -0.39 is 10.8 Å². The summed E-state index contributed by atoms with van der Waals surface area (Å²) in [5.41, 5.74) is 31.8. The molecule has 2 heteroatoms. The predicted molar refractivity (Wildman–Crippen MR) is 323 cm³/mol. The fourth-order valence-electron chi connectivity index (χ4n) is 14.5. The van der Waals surface area contributed by atoms with Gasteiger partial charge in [-0.1, -0.05) is 206 Å². The maximum absolute atomic E-state index is 2.48. The molecule has 0 unspecified atom stereocenters. The number of hydrogen-bond donors (Lipinski definition) is 0. The second-order valence-corrected chi connectivity index (χ2v) is 21.7. The fourth-order valence-corrected chi connectivity index (χ4v) is 14.5. The number of fused-ring (bicyclic) bond motifs is 20. The minimum atomic E-state index is -0.429. The van der Waals surface area contributed by atoms with Crippen molar-refractivity contribution in [1.82, 2.24) is 0 Å². The highest BCUT2D eigenvalue weighted by molar-refractivity contribution is 5.98. The largest absolute Gasteiger partial charge is 0.310 e. The van der Waals surface area contributed by atoms with E-state index in [4.69, 9.17) is 0 Å². The summed E-state index contributed by atoms with van der Waals surface area (Å²) in [5.74, 6) is 0. The Bertz CT molecular complexity index is 4010. The Balaban J connectivity index is 0.789. The standard InChI is InChI=1S/C76H52N2/c1-49-17-15-19-55(45-49)77(57-41-43-65-63-25-7-13-31-71(63)75(73(65)47-57)67-27-9-3-21-59(67)60-22-4-10-28-68(60)75)53-37-33-51(34-38-53)52-35-39-54(40-36-52)78(56-20-16-18-50(2)46-56)58-42-44-66-64-26-8-14-32-72(64)76(74(66)48-58)69-29-11-5-23-61(69)62-24-6-12-30-70(62)76/h3-48H,1-2H3. The molecule has 4 aliphatic carbocycles. The van der Waals surface area contributed by atoms with E-state index in [1.165, 1.54) is 100 Å². The highest BCUT2D eigenvalue weighted by Crippen LogP contribution is 2.65. The van der Waals surface area contributed by atoms with Crippen LogP contribution >= 0.6 is 0 Å². The molecule has 0 aromatic heterocycles. The topological polar surface area (TPSA) is 6.48 Å². The molecule has 0 heterocycles. The Morgan fingerprint density at radius 1 is 0.205 bits per heavy atom. The van der Waals surface area contributed by atoms with Crippen molar-refractivity contribution in [2.75, 3.05) is 9.80 Å². The van der Waals surface area contributed by atoms with Crippen LogP contribution in [0, 0.1) is 13.8 Å². The highest BCUT2D eigenvalue weighted by atomic mass is 15.1. The number of hydrogen-bond acceptors (Lipinski definition) is 2. The quantitative estimate of drug-likeness (QED) is 0.157. The van der Waals surface area contributed by atoms with Crippen LogP contribution in [-0.4, -0.2) is 0 Å². The zero-order chi connectivity index (χ0) is 51.7. The Kier molecular flexibility index (Phi) is 9.63. The third kappa shape index (κ3) is 6.14. The minimum Gasteiger partial charge on any atom is -0.310 e. The van der Waals surface area contributed by atoms with Gasteiger partial charge in [-0.25, -0.2) is 0 Å². The molecule has 0 fully saturated rings. The van der Waals surface area contributed by atoms with E-state index in [0.29, 0.717) is 0 Å². The SMILES string of the molecule is Cc1cccc(N(c2ccc(-c3ccc(N(c4cccc(C)c4)c4ccc5c(c4)C4(c6ccccc6-c6ccccc64)c4ccccc4-5)cc3)cc2)c2ccc3c(c2)C2(c4ccccc4-c4ccccc42)c2ccccc2-3)c1. The van der Waals surface area contributed by atoms with E-state index in [1.807, 2.05) is 0 Å². The van der Waals surface area contributed by atoms with Crippen LogP contribution in [0.25, 0.3) is 55.6 Å². The minimum absolute atomic E-state index is 0.429. The molecule has 2 spiro atoms. The van der Waals surface area contributed by atoms with E-state index in [-0.39, 0.29) is 0 Å². The Morgan fingerprint density at radius 3 is 0.756 bits per heavy atom. The van der Waals surface area contributed by atoms with Crippen LogP contribution < -0.4 is 9.80 Å². The summed E-state index contributed by atoms with van der Waals surface area (Å²) in [6.45, 7) is 4.37. The maximum atomic E-state index is 2.48. The molecule has 0 N–H and O–H groups in total. The van der Waals surface area contributed by atoms with Crippen molar-refractivity contribution in [3.63, 3.8) is 0 Å². The van der Waals surface area contributed by atoms with Gasteiger partial charge >= 0.3 is 0 Å². The van der Waals surface area contributed by atoms with Crippen LogP contribution in [0.4, 0.5) is 34.1 Å². The normalized spacial score (nSPS) is 13.7. The van der Waals surface area contributed by atoms with Crippen LogP contribution in [0.1, 0.15) is 55.6 Å². The van der Waals surface area contributed by atoms with Gasteiger partial charge in [0.2, 0.25) is 0 Å². The van der Waals surface area contributed by atoms with Gasteiger partial charge in [0.15, 0.2) is 0 Å². The van der Waals surface area contributed by atoms with Gasteiger partial charge in [0.1, 0.15) is 0 Å². The summed E-state index contributed by atoms with van der Waals surface area (Å²) in [6.07, 6.45) is 0. The predicted octanol–water partition coefficient (Wildman–Crippen LogP) is 19.6. The second kappa shape index (κ2) is 16.9. The molecule has 0 amide bonds. The molecule has 12 aromatic rings. The van der Waals surface area contributed by atoms with Gasteiger partial charge < -0.3 is 9.80 Å². The van der Waals surface area contributed by atoms with Crippen LogP contribution in [0.2, 0.25) is 0 Å². The van der Waals surface area contributed by atoms with Crippen molar-refractivity contribution < 1.29 is 0 Å². The van der Waals surface area contributed by atoms with Gasteiger partial charge in [-0.2, -0.15) is 0 Å². The van der Waals surface area contributed by atoms with Crippen LogP contribution in [-0.2, 0) is 10.8 Å². The number of aryl methyl sites for hydroxylation is 2. The van der Waals surface area contributed by atoms with Gasteiger partial charge in [-0.3, -0.25) is 0 Å². The first-order chi connectivity index (χ1) is 38.5. The van der Waals surface area contributed by atoms with Crippen molar-refractivity contribution in [3.05, 3.63) is 335 Å². The van der Waals surface area contributed by atoms with E-state index in [9.17, 15) is 0 Å². The Labute approximate surface area is 456 Å². The van der Waals surface area contributed by atoms with E-state index in [1.54, 1.807) is 0 Å². The van der Waals surface area contributed by atoms with Crippen LogP contribution in [0.3, 0.4) is 0 Å². The molecule has 4 aliphatic rings. The molecule has 0 radical (unpaired) electrons. The molecular weight excluding hydrogens is 941 g/mol. The Morgan fingerprint density at radius 2 is 0.462 bits per heavy atom. The van der Waals surface area contributed by atoms with Crippen molar-refractivity contribution in [3.8, 4) is 55.6 Å². The summed E-state index contributed by atoms with van der Waals surface area (Å²) in [5, 5.41) is 0. The zero-order valence-electron chi connectivity index (χ0n) is 43.5. The van der Waals surface area contributed by atoms with Gasteiger partial charge in [0.25, 0.3) is 0 Å². The molecule has 78 heavy (non-hydrogen) atoms. The number of nitrogens with zero attached hydrogens (tertiary/aromatic N) is 2. The summed E-state index contributed by atoms with van der Waals surface area (Å²) in [7, 11) is 0. The lowest BCUT2D eigenvalue weighted by atomic mass is 9.70. The molecule has 0 bridgehead atoms. The summed E-state index contributed by atoms with van der Waals surface area (Å²) in [4.78, 5) is 4.87. The van der Waals surface area contributed by atoms with Crippen molar-refractivity contribution in [2.45, 2.75) is 24.7 Å². The monoisotopic (exact) mass is 992 g/mol. The zero-order valence-corrected chi connectivity index (χ0v) is 43.5. The van der Waals surface area contributed by atoms with E-state index >= 15 is 0 Å². The maximum Gasteiger partial charge on any atom is 0.0726 e. The molecule has 16 rings (SSSR count). The molecule has 0 saturated heterocycles. The second-order valence-electron chi connectivity index (χ2n) is 21.7. The van der Waals surface area contributed by atoms with Gasteiger partial charge in [-0.05, 0) is 198 Å². The smallest absolute Gasteiger partial charge is 0.0726 e. The first kappa shape index (κ1) is 44.5. The van der Waals surface area contributed by atoms with Crippen LogP contribution in [0.5, 0.6) is 0 Å². The fraction of sp³-hybridized carbons (Fsp3) is 0.0526. The summed E-state index contributed by atoms with van der Waals surface area (Å²) in [6, 6.07) is 105. The molecular formula is C76H52N2. The van der Waals surface area contributed by atoms with Gasteiger partial charge in [0, 0.05) is 34.1 Å². The summed E-state index contributed by atoms with van der Waals surface area (Å²) < 4.78 is 0. The molecule has 0 aliphatic heterocycles. The van der Waals surface area contributed by atoms with Crippen molar-refractivity contribution >= 4 is 34.1 Å². The third-order valence-electron chi connectivity index (χ3n) is 17.6. The lowest BCUT2D eigenvalue weighted by Crippen LogP contribution is -2.26. The van der Waals surface area contributed by atoms with Crippen LogP contribution in [0.15, 0.2) is 279 Å². The van der Waals surface area contributed by atoms with Gasteiger partial charge in [-0.15, -0.1) is 0 Å². The average molecular weight is 993 g/mol. The number of anilines is 6. The molecule has 0 saturated carbocycles. The first-order valence-corrected chi connectivity index (χ1v) is 27.3. The number of benzene rings is 12. The first-order valence-electron chi connectivity index (χ1n) is 27.3. The van der Waals surface area contributed by atoms with Crippen molar-refractivity contribution in [1.29, 1.82) is 0 Å². The Hall–Kier alpha value is -9.76. The van der Waals surface area contributed by atoms with Crippen molar-refractivity contribution in [2.24, 2.45) is 0 Å². The average Bonchev–Trinajstić information content (AvgIpc) is 2.83. The summed E-state index contributed by atoms with van der Waals surface area (Å²) >= 11 is 0.